The Balaban J connectivity index is 2.99. The van der Waals surface area contributed by atoms with E-state index in [1.807, 2.05) is 6.92 Å². The number of esters is 1. The lowest BCUT2D eigenvalue weighted by Crippen LogP contribution is -2.14. The molecule has 0 bridgehead atoms. The van der Waals surface area contributed by atoms with E-state index in [2.05, 4.69) is 10.1 Å². The van der Waals surface area contributed by atoms with Gasteiger partial charge < -0.3 is 10.1 Å². The molecule has 1 amide bonds. The predicted molar refractivity (Wildman–Crippen MR) is 66.3 cm³/mol. The van der Waals surface area contributed by atoms with E-state index >= 15 is 0 Å². The minimum Gasteiger partial charge on any atom is -0.465 e. The van der Waals surface area contributed by atoms with E-state index in [-0.39, 0.29) is 5.91 Å². The molecule has 5 heteroatoms. The number of amides is 1. The van der Waals surface area contributed by atoms with E-state index in [0.717, 1.165) is 6.42 Å². The minimum atomic E-state index is -0.506. The molecule has 1 aromatic carbocycles. The highest BCUT2D eigenvalue weighted by Gasteiger charge is 2.13. The van der Waals surface area contributed by atoms with Crippen molar-refractivity contribution in [2.24, 2.45) is 0 Å². The molecule has 4 nitrogen and oxygen atoms in total. The molecule has 0 saturated heterocycles. The predicted octanol–water partition coefficient (Wildman–Crippen LogP) is 2.87. The average molecular weight is 256 g/mol. The summed E-state index contributed by atoms with van der Waals surface area (Å²) in [5.74, 6) is -0.659. The Hall–Kier alpha value is -1.55. The summed E-state index contributed by atoms with van der Waals surface area (Å²) in [6, 6.07) is 4.63. The van der Waals surface area contributed by atoms with Crippen LogP contribution in [0.2, 0.25) is 5.02 Å². The first-order chi connectivity index (χ1) is 8.08. The van der Waals surface area contributed by atoms with Crippen molar-refractivity contribution in [1.29, 1.82) is 0 Å². The third kappa shape index (κ3) is 3.75. The van der Waals surface area contributed by atoms with Crippen molar-refractivity contribution >= 4 is 29.2 Å². The fourth-order valence-corrected chi connectivity index (χ4v) is 1.52. The van der Waals surface area contributed by atoms with Gasteiger partial charge in [-0.15, -0.1) is 0 Å². The Labute approximate surface area is 105 Å². The monoisotopic (exact) mass is 255 g/mol. The lowest BCUT2D eigenvalue weighted by molar-refractivity contribution is -0.116. The Morgan fingerprint density at radius 3 is 2.71 bits per heavy atom. The summed E-state index contributed by atoms with van der Waals surface area (Å²) in [4.78, 5) is 22.9. The second kappa shape index (κ2) is 6.25. The van der Waals surface area contributed by atoms with E-state index < -0.39 is 5.97 Å². The van der Waals surface area contributed by atoms with Gasteiger partial charge in [-0.25, -0.2) is 4.79 Å². The molecular formula is C12H14ClNO3. The molecule has 0 aliphatic rings. The molecule has 1 rings (SSSR count). The van der Waals surface area contributed by atoms with Gasteiger partial charge in [0.2, 0.25) is 5.91 Å². The minimum absolute atomic E-state index is 0.153. The van der Waals surface area contributed by atoms with Gasteiger partial charge in [0, 0.05) is 11.4 Å². The molecule has 0 aliphatic carbocycles. The van der Waals surface area contributed by atoms with Crippen LogP contribution in [0.1, 0.15) is 30.1 Å². The number of halogens is 1. The van der Waals surface area contributed by atoms with E-state index in [1.165, 1.54) is 19.2 Å². The lowest BCUT2D eigenvalue weighted by atomic mass is 10.1. The first kappa shape index (κ1) is 13.5. The van der Waals surface area contributed by atoms with Crippen LogP contribution >= 0.6 is 11.6 Å². The van der Waals surface area contributed by atoms with E-state index in [1.54, 1.807) is 6.07 Å². The van der Waals surface area contributed by atoms with Gasteiger partial charge in [-0.3, -0.25) is 4.79 Å². The third-order valence-corrected chi connectivity index (χ3v) is 2.37. The van der Waals surface area contributed by atoms with Crippen molar-refractivity contribution in [3.05, 3.63) is 28.8 Å². The van der Waals surface area contributed by atoms with Crippen LogP contribution in [0.25, 0.3) is 0 Å². The molecule has 1 aromatic rings. The smallest absolute Gasteiger partial charge is 0.339 e. The molecule has 0 spiro atoms. The highest BCUT2D eigenvalue weighted by Crippen LogP contribution is 2.22. The van der Waals surface area contributed by atoms with Gasteiger partial charge >= 0.3 is 5.97 Å². The Morgan fingerprint density at radius 2 is 2.12 bits per heavy atom. The molecular weight excluding hydrogens is 242 g/mol. The standard InChI is InChI=1S/C12H14ClNO3/c1-3-4-11(15)14-10-7-8(13)5-6-9(10)12(16)17-2/h5-7H,3-4H2,1-2H3,(H,14,15). The number of hydrogen-bond acceptors (Lipinski definition) is 3. The number of hydrogen-bond donors (Lipinski definition) is 1. The average Bonchev–Trinajstić information content (AvgIpc) is 2.28. The normalized spacial score (nSPS) is 9.82. The van der Waals surface area contributed by atoms with E-state index in [4.69, 9.17) is 11.6 Å². The van der Waals surface area contributed by atoms with Crippen molar-refractivity contribution < 1.29 is 14.3 Å². The lowest BCUT2D eigenvalue weighted by Gasteiger charge is -2.09. The Morgan fingerprint density at radius 1 is 1.41 bits per heavy atom. The number of carbonyl (C=O) groups excluding carboxylic acids is 2. The van der Waals surface area contributed by atoms with Crippen molar-refractivity contribution in [3.8, 4) is 0 Å². The van der Waals surface area contributed by atoms with Crippen molar-refractivity contribution in [2.75, 3.05) is 12.4 Å². The zero-order valence-electron chi connectivity index (χ0n) is 9.75. The van der Waals surface area contributed by atoms with Gasteiger partial charge in [0.1, 0.15) is 0 Å². The number of benzene rings is 1. The summed E-state index contributed by atoms with van der Waals surface area (Å²) in [5.41, 5.74) is 0.671. The van der Waals surface area contributed by atoms with Gasteiger partial charge in [-0.1, -0.05) is 18.5 Å². The Bertz CT molecular complexity index is 432. The molecule has 0 saturated carbocycles. The summed E-state index contributed by atoms with van der Waals surface area (Å²) in [5, 5.41) is 3.09. The first-order valence-electron chi connectivity index (χ1n) is 5.26. The summed E-state index contributed by atoms with van der Waals surface area (Å²) in [6.45, 7) is 1.90. The van der Waals surface area contributed by atoms with Gasteiger partial charge in [0.05, 0.1) is 18.4 Å². The number of carbonyl (C=O) groups is 2. The van der Waals surface area contributed by atoms with Crippen LogP contribution in [0, 0.1) is 0 Å². The second-order valence-electron chi connectivity index (χ2n) is 3.48. The molecule has 0 unspecified atom stereocenters. The van der Waals surface area contributed by atoms with Crippen LogP contribution in [0.3, 0.4) is 0 Å². The van der Waals surface area contributed by atoms with Crippen molar-refractivity contribution in [1.82, 2.24) is 0 Å². The maximum atomic E-state index is 11.5. The van der Waals surface area contributed by atoms with Gasteiger partial charge in [0.15, 0.2) is 0 Å². The molecule has 0 heterocycles. The maximum Gasteiger partial charge on any atom is 0.339 e. The molecule has 0 aromatic heterocycles. The van der Waals surface area contributed by atoms with Crippen LogP contribution in [0.5, 0.6) is 0 Å². The second-order valence-corrected chi connectivity index (χ2v) is 3.92. The molecule has 92 valence electrons. The molecule has 17 heavy (non-hydrogen) atoms. The Kier molecular flexibility index (Phi) is 4.97. The number of anilines is 1. The molecule has 0 fully saturated rings. The van der Waals surface area contributed by atoms with Crippen LogP contribution in [0.4, 0.5) is 5.69 Å². The fraction of sp³-hybridized carbons (Fsp3) is 0.333. The topological polar surface area (TPSA) is 55.4 Å². The fourth-order valence-electron chi connectivity index (χ4n) is 1.35. The quantitative estimate of drug-likeness (QED) is 0.842. The highest BCUT2D eigenvalue weighted by molar-refractivity contribution is 6.31. The molecule has 0 radical (unpaired) electrons. The van der Waals surface area contributed by atoms with Crippen LogP contribution in [-0.4, -0.2) is 19.0 Å². The summed E-state index contributed by atoms with van der Waals surface area (Å²) in [7, 11) is 1.29. The van der Waals surface area contributed by atoms with Gasteiger partial charge in [0.25, 0.3) is 0 Å². The van der Waals surface area contributed by atoms with Crippen LogP contribution in [0.15, 0.2) is 18.2 Å². The summed E-state index contributed by atoms with van der Waals surface area (Å²) < 4.78 is 4.63. The highest BCUT2D eigenvalue weighted by atomic mass is 35.5. The largest absolute Gasteiger partial charge is 0.465 e. The summed E-state index contributed by atoms with van der Waals surface area (Å²) >= 11 is 5.82. The van der Waals surface area contributed by atoms with Gasteiger partial charge in [-0.05, 0) is 24.6 Å². The van der Waals surface area contributed by atoms with Crippen molar-refractivity contribution in [2.45, 2.75) is 19.8 Å². The molecule has 0 atom stereocenters. The summed E-state index contributed by atoms with van der Waals surface area (Å²) in [6.07, 6.45) is 1.13. The van der Waals surface area contributed by atoms with Crippen LogP contribution in [-0.2, 0) is 9.53 Å². The number of rotatable bonds is 4. The van der Waals surface area contributed by atoms with E-state index in [9.17, 15) is 9.59 Å². The number of ether oxygens (including phenoxy) is 1. The maximum absolute atomic E-state index is 11.5. The van der Waals surface area contributed by atoms with Crippen molar-refractivity contribution in [3.63, 3.8) is 0 Å². The zero-order chi connectivity index (χ0) is 12.8. The zero-order valence-corrected chi connectivity index (χ0v) is 10.5. The first-order valence-corrected chi connectivity index (χ1v) is 5.64. The van der Waals surface area contributed by atoms with Crippen LogP contribution < -0.4 is 5.32 Å². The molecule has 0 aliphatic heterocycles. The van der Waals surface area contributed by atoms with Gasteiger partial charge in [-0.2, -0.15) is 0 Å². The number of nitrogens with one attached hydrogen (secondary N) is 1. The van der Waals surface area contributed by atoms with E-state index in [0.29, 0.717) is 22.7 Å². The SMILES string of the molecule is CCCC(=O)Nc1cc(Cl)ccc1C(=O)OC. The molecule has 1 N–H and O–H groups in total. The third-order valence-electron chi connectivity index (χ3n) is 2.14. The number of methoxy groups -OCH3 is 1.